The molecule has 0 amide bonds. The van der Waals surface area contributed by atoms with E-state index in [9.17, 15) is 22.0 Å². The van der Waals surface area contributed by atoms with Gasteiger partial charge in [-0.05, 0) is 12.5 Å². The Bertz CT molecular complexity index is 1110. The van der Waals surface area contributed by atoms with Crippen molar-refractivity contribution < 1.29 is 26.7 Å². The molecule has 3 aromatic rings. The number of hydrogen-bond acceptors (Lipinski definition) is 7. The van der Waals surface area contributed by atoms with Gasteiger partial charge in [0, 0.05) is 37.7 Å². The van der Waals surface area contributed by atoms with Crippen LogP contribution in [0.2, 0.25) is 0 Å². The molecule has 8 nitrogen and oxygen atoms in total. The Morgan fingerprint density at radius 1 is 1.03 bits per heavy atom. The summed E-state index contributed by atoms with van der Waals surface area (Å²) in [6, 6.07) is 2.75. The van der Waals surface area contributed by atoms with E-state index < -0.39 is 25.2 Å². The second-order valence-electron chi connectivity index (χ2n) is 8.08. The Morgan fingerprint density at radius 3 is 2.50 bits per heavy atom. The number of nitrogens with zero attached hydrogens (tertiary/aromatic N) is 7. The summed E-state index contributed by atoms with van der Waals surface area (Å²) in [5.74, 6) is 0.114. The quantitative estimate of drug-likeness (QED) is 0.548. The molecule has 0 N–H and O–H groups in total. The highest BCUT2D eigenvalue weighted by atomic mass is 19.4. The lowest BCUT2D eigenvalue weighted by atomic mass is 9.79. The molecule has 0 aromatic carbocycles. The van der Waals surface area contributed by atoms with Crippen molar-refractivity contribution in [2.24, 2.45) is 5.41 Å². The third-order valence-corrected chi connectivity index (χ3v) is 5.76. The molecule has 5 rings (SSSR count). The molecule has 5 heterocycles. The molecule has 3 aromatic heterocycles. The Balaban J connectivity index is 1.24. The van der Waals surface area contributed by atoms with Crippen molar-refractivity contribution >= 4 is 22.7 Å². The van der Waals surface area contributed by atoms with Crippen LogP contribution >= 0.6 is 0 Å². The Kier molecular flexibility index (Phi) is 4.78. The molecule has 0 radical (unpaired) electrons. The highest BCUT2D eigenvalue weighted by molar-refractivity contribution is 5.71. The summed E-state index contributed by atoms with van der Waals surface area (Å²) in [7, 11) is 0. The molecule has 1 spiro atoms. The van der Waals surface area contributed by atoms with Crippen LogP contribution in [0.1, 0.15) is 6.42 Å². The molecule has 2 fully saturated rings. The van der Waals surface area contributed by atoms with Crippen LogP contribution in [0.3, 0.4) is 0 Å². The SMILES string of the molecule is FC(F)Cn1ncc2ncc(N3CCC4(CN(c5ccc(OC(F)(F)F)nc5)C4)C3)nc21. The lowest BCUT2D eigenvalue weighted by Crippen LogP contribution is -2.57. The molecule has 32 heavy (non-hydrogen) atoms. The van der Waals surface area contributed by atoms with Crippen molar-refractivity contribution in [2.45, 2.75) is 25.8 Å². The molecule has 0 bridgehead atoms. The number of halogens is 5. The average molecular weight is 455 g/mol. The van der Waals surface area contributed by atoms with Crippen molar-refractivity contribution in [3.63, 3.8) is 0 Å². The van der Waals surface area contributed by atoms with E-state index in [0.717, 1.165) is 43.0 Å². The van der Waals surface area contributed by atoms with Gasteiger partial charge >= 0.3 is 6.36 Å². The van der Waals surface area contributed by atoms with Crippen molar-refractivity contribution in [2.75, 3.05) is 36.0 Å². The largest absolute Gasteiger partial charge is 0.574 e. The molecular weight excluding hydrogens is 437 g/mol. The highest BCUT2D eigenvalue weighted by Crippen LogP contribution is 2.43. The normalized spacial score (nSPS) is 18.1. The lowest BCUT2D eigenvalue weighted by molar-refractivity contribution is -0.276. The summed E-state index contributed by atoms with van der Waals surface area (Å²) in [5, 5.41) is 3.94. The van der Waals surface area contributed by atoms with Gasteiger partial charge in [-0.1, -0.05) is 0 Å². The van der Waals surface area contributed by atoms with Crippen molar-refractivity contribution in [1.29, 1.82) is 0 Å². The summed E-state index contributed by atoms with van der Waals surface area (Å²) >= 11 is 0. The van der Waals surface area contributed by atoms with Gasteiger partial charge in [-0.2, -0.15) is 5.10 Å². The zero-order valence-corrected chi connectivity index (χ0v) is 16.6. The number of ether oxygens (including phenoxy) is 1. The minimum atomic E-state index is -4.77. The minimum Gasteiger partial charge on any atom is -0.388 e. The van der Waals surface area contributed by atoms with E-state index >= 15 is 0 Å². The van der Waals surface area contributed by atoms with Gasteiger partial charge in [0.25, 0.3) is 6.43 Å². The van der Waals surface area contributed by atoms with Crippen LogP contribution in [-0.2, 0) is 6.54 Å². The fourth-order valence-corrected chi connectivity index (χ4v) is 4.33. The standard InChI is InChI=1S/C19H18F5N7O/c20-14(21)8-31-17-13(6-27-31)25-7-15(28-17)29-4-3-18(9-29)10-30(11-18)12-1-2-16(26-5-12)32-19(22,23)24/h1-2,5-7,14H,3-4,8-11H2. The van der Waals surface area contributed by atoms with E-state index in [-0.39, 0.29) is 5.41 Å². The Hall–Kier alpha value is -3.25. The molecule has 2 aliphatic rings. The summed E-state index contributed by atoms with van der Waals surface area (Å²) in [5.41, 5.74) is 1.52. The summed E-state index contributed by atoms with van der Waals surface area (Å²) in [6.07, 6.45) is -2.00. The predicted molar refractivity (Wildman–Crippen MR) is 104 cm³/mol. The van der Waals surface area contributed by atoms with Gasteiger partial charge in [-0.25, -0.2) is 28.4 Å². The van der Waals surface area contributed by atoms with Crippen LogP contribution in [0, 0.1) is 5.41 Å². The zero-order valence-electron chi connectivity index (χ0n) is 16.6. The molecule has 2 aliphatic heterocycles. The molecule has 0 saturated carbocycles. The van der Waals surface area contributed by atoms with E-state index in [1.807, 2.05) is 4.90 Å². The van der Waals surface area contributed by atoms with Gasteiger partial charge in [0.2, 0.25) is 5.88 Å². The molecule has 170 valence electrons. The topological polar surface area (TPSA) is 72.2 Å². The minimum absolute atomic E-state index is 0.0149. The van der Waals surface area contributed by atoms with Crippen LogP contribution in [0.15, 0.2) is 30.7 Å². The van der Waals surface area contributed by atoms with Gasteiger partial charge in [0.1, 0.15) is 17.9 Å². The maximum absolute atomic E-state index is 12.8. The average Bonchev–Trinajstić information content (AvgIpc) is 3.31. The lowest BCUT2D eigenvalue weighted by Gasteiger charge is -2.49. The van der Waals surface area contributed by atoms with Crippen LogP contribution in [-0.4, -0.2) is 63.7 Å². The maximum Gasteiger partial charge on any atom is 0.574 e. The van der Waals surface area contributed by atoms with Gasteiger partial charge in [-0.15, -0.1) is 13.2 Å². The van der Waals surface area contributed by atoms with Crippen LogP contribution in [0.25, 0.3) is 11.2 Å². The van der Waals surface area contributed by atoms with E-state index in [1.54, 1.807) is 12.3 Å². The van der Waals surface area contributed by atoms with Gasteiger partial charge in [-0.3, -0.25) is 0 Å². The number of alkyl halides is 5. The predicted octanol–water partition coefficient (Wildman–Crippen LogP) is 3.10. The zero-order chi connectivity index (χ0) is 22.5. The second kappa shape index (κ2) is 7.41. The number of rotatable bonds is 5. The molecule has 13 heteroatoms. The first-order valence-electron chi connectivity index (χ1n) is 9.88. The van der Waals surface area contributed by atoms with E-state index in [0.29, 0.717) is 17.0 Å². The number of anilines is 2. The summed E-state index contributed by atoms with van der Waals surface area (Å²) in [4.78, 5) is 16.6. The second-order valence-corrected chi connectivity index (χ2v) is 8.08. The monoisotopic (exact) mass is 455 g/mol. The molecule has 0 atom stereocenters. The van der Waals surface area contributed by atoms with Gasteiger partial charge < -0.3 is 14.5 Å². The van der Waals surface area contributed by atoms with E-state index in [1.165, 1.54) is 18.5 Å². The first-order valence-corrected chi connectivity index (χ1v) is 9.88. The number of fused-ring (bicyclic) bond motifs is 1. The third-order valence-electron chi connectivity index (χ3n) is 5.76. The number of pyridine rings is 1. The van der Waals surface area contributed by atoms with E-state index in [2.05, 4.69) is 29.7 Å². The van der Waals surface area contributed by atoms with Gasteiger partial charge in [0.05, 0.1) is 24.3 Å². The van der Waals surface area contributed by atoms with E-state index in [4.69, 9.17) is 0 Å². The fraction of sp³-hybridized carbons (Fsp3) is 0.474. The smallest absolute Gasteiger partial charge is 0.388 e. The summed E-state index contributed by atoms with van der Waals surface area (Å²) < 4.78 is 67.3. The van der Waals surface area contributed by atoms with Crippen molar-refractivity contribution in [1.82, 2.24) is 24.7 Å². The fourth-order valence-electron chi connectivity index (χ4n) is 4.33. The van der Waals surface area contributed by atoms with Crippen LogP contribution < -0.4 is 14.5 Å². The molecular formula is C19H18F5N7O. The van der Waals surface area contributed by atoms with Gasteiger partial charge in [0.15, 0.2) is 5.65 Å². The van der Waals surface area contributed by atoms with Crippen LogP contribution in [0.4, 0.5) is 33.5 Å². The highest BCUT2D eigenvalue weighted by Gasteiger charge is 2.48. The summed E-state index contributed by atoms with van der Waals surface area (Å²) in [6.45, 7) is 2.37. The molecule has 2 saturated heterocycles. The Morgan fingerprint density at radius 2 is 1.81 bits per heavy atom. The number of hydrogen-bond donors (Lipinski definition) is 0. The van der Waals surface area contributed by atoms with Crippen molar-refractivity contribution in [3.8, 4) is 5.88 Å². The third kappa shape index (κ3) is 3.98. The maximum atomic E-state index is 12.8. The molecule has 0 aliphatic carbocycles. The first-order chi connectivity index (χ1) is 15.2. The van der Waals surface area contributed by atoms with Crippen LogP contribution in [0.5, 0.6) is 5.88 Å². The molecule has 0 unspecified atom stereocenters. The first kappa shape index (κ1) is 20.6. The number of aromatic nitrogens is 5. The van der Waals surface area contributed by atoms with Crippen molar-refractivity contribution in [3.05, 3.63) is 30.7 Å². The Labute approximate surface area is 178 Å².